The molecule has 0 spiro atoms. The second kappa shape index (κ2) is 8.34. The van der Waals surface area contributed by atoms with E-state index in [-0.39, 0.29) is 28.8 Å². The highest BCUT2D eigenvalue weighted by Gasteiger charge is 2.18. The van der Waals surface area contributed by atoms with Crippen molar-refractivity contribution in [3.63, 3.8) is 0 Å². The summed E-state index contributed by atoms with van der Waals surface area (Å²) >= 11 is 0. The summed E-state index contributed by atoms with van der Waals surface area (Å²) in [6.07, 6.45) is 1.30. The highest BCUT2D eigenvalue weighted by molar-refractivity contribution is 7.43. The summed E-state index contributed by atoms with van der Waals surface area (Å²) in [5, 5.41) is -0.306. The van der Waals surface area contributed by atoms with Gasteiger partial charge in [0.15, 0.2) is 5.43 Å². The molecule has 3 aromatic rings. The number of aromatic nitrogens is 1. The second-order valence-electron chi connectivity index (χ2n) is 5.98. The SMILES string of the molecule is CCOc1ccc(F)c2c(=O)c(-c3ccc(OC)cc3)cn(COP(=O)([O-])[O-])c12. The molecule has 0 saturated carbocycles. The number of halogens is 1. The van der Waals surface area contributed by atoms with E-state index in [2.05, 4.69) is 4.52 Å². The Labute approximate surface area is 165 Å². The van der Waals surface area contributed by atoms with Gasteiger partial charge in [0, 0.05) is 11.8 Å². The van der Waals surface area contributed by atoms with Crippen LogP contribution < -0.4 is 24.7 Å². The maximum atomic E-state index is 14.6. The van der Waals surface area contributed by atoms with Gasteiger partial charge in [-0.2, -0.15) is 0 Å². The van der Waals surface area contributed by atoms with Crippen LogP contribution in [0.15, 0.2) is 47.4 Å². The van der Waals surface area contributed by atoms with Gasteiger partial charge in [0.25, 0.3) is 0 Å². The average molecular weight is 421 g/mol. The molecular formula is C19H17FNO7P-2. The number of hydrogen-bond acceptors (Lipinski definition) is 7. The van der Waals surface area contributed by atoms with Crippen LogP contribution in [0.4, 0.5) is 4.39 Å². The minimum atomic E-state index is -5.31. The fourth-order valence-electron chi connectivity index (χ4n) is 2.95. The van der Waals surface area contributed by atoms with Gasteiger partial charge >= 0.3 is 0 Å². The molecule has 0 aliphatic rings. The van der Waals surface area contributed by atoms with Crippen molar-refractivity contribution in [2.45, 2.75) is 13.7 Å². The van der Waals surface area contributed by atoms with E-state index in [0.29, 0.717) is 11.3 Å². The first kappa shape index (κ1) is 21.0. The normalized spacial score (nSPS) is 11.6. The van der Waals surface area contributed by atoms with E-state index < -0.39 is 25.8 Å². The van der Waals surface area contributed by atoms with Crippen LogP contribution in [0, 0.1) is 5.82 Å². The zero-order valence-corrected chi connectivity index (χ0v) is 16.5. The predicted molar refractivity (Wildman–Crippen MR) is 100 cm³/mol. The molecule has 0 aliphatic carbocycles. The molecular weight excluding hydrogens is 404 g/mol. The number of pyridine rings is 1. The smallest absolute Gasteiger partial charge is 0.200 e. The van der Waals surface area contributed by atoms with Crippen molar-refractivity contribution in [3.8, 4) is 22.6 Å². The third kappa shape index (κ3) is 4.49. The number of ether oxygens (including phenoxy) is 2. The monoisotopic (exact) mass is 421 g/mol. The van der Waals surface area contributed by atoms with Gasteiger partial charge in [-0.1, -0.05) is 12.1 Å². The lowest BCUT2D eigenvalue weighted by atomic mass is 10.0. The van der Waals surface area contributed by atoms with Gasteiger partial charge < -0.3 is 32.9 Å². The lowest BCUT2D eigenvalue weighted by Gasteiger charge is -2.29. The van der Waals surface area contributed by atoms with E-state index in [1.165, 1.54) is 19.4 Å². The predicted octanol–water partition coefficient (Wildman–Crippen LogP) is 2.02. The standard InChI is InChI=1S/C19H19FNO7P/c1-3-27-16-9-8-15(20)17-18(16)21(11-28-29(23,24)25)10-14(19(17)22)12-4-6-13(26-2)7-5-12/h4-10H,3,11H2,1-2H3,(H2,23,24,25)/p-2. The molecule has 0 N–H and O–H groups in total. The van der Waals surface area contributed by atoms with Gasteiger partial charge in [-0.25, -0.2) is 4.39 Å². The van der Waals surface area contributed by atoms with Crippen LogP contribution in [0.3, 0.4) is 0 Å². The topological polar surface area (TPSA) is 113 Å². The minimum absolute atomic E-state index is 0.0115. The molecule has 0 unspecified atom stereocenters. The average Bonchev–Trinajstić information content (AvgIpc) is 2.69. The van der Waals surface area contributed by atoms with E-state index in [9.17, 15) is 23.5 Å². The summed E-state index contributed by atoms with van der Waals surface area (Å²) < 4.78 is 41.7. The van der Waals surface area contributed by atoms with Crippen molar-refractivity contribution < 1.29 is 32.7 Å². The second-order valence-corrected chi connectivity index (χ2v) is 7.13. The highest BCUT2D eigenvalue weighted by Crippen LogP contribution is 2.32. The van der Waals surface area contributed by atoms with Crippen LogP contribution in [0.5, 0.6) is 11.5 Å². The van der Waals surface area contributed by atoms with Crippen molar-refractivity contribution in [2.24, 2.45) is 0 Å². The van der Waals surface area contributed by atoms with Gasteiger partial charge in [-0.3, -0.25) is 4.79 Å². The van der Waals surface area contributed by atoms with E-state index in [1.54, 1.807) is 31.2 Å². The molecule has 0 radical (unpaired) electrons. The Balaban J connectivity index is 2.30. The van der Waals surface area contributed by atoms with Crippen molar-refractivity contribution in [1.82, 2.24) is 4.57 Å². The first-order chi connectivity index (χ1) is 13.7. The Morgan fingerprint density at radius 1 is 1.14 bits per heavy atom. The molecule has 154 valence electrons. The van der Waals surface area contributed by atoms with E-state index in [4.69, 9.17) is 9.47 Å². The highest BCUT2D eigenvalue weighted by atomic mass is 31.2. The van der Waals surface area contributed by atoms with E-state index >= 15 is 0 Å². The number of rotatable bonds is 7. The Kier molecular flexibility index (Phi) is 6.04. The van der Waals surface area contributed by atoms with Gasteiger partial charge in [0.1, 0.15) is 24.0 Å². The molecule has 0 aliphatic heterocycles. The van der Waals surface area contributed by atoms with E-state index in [1.807, 2.05) is 0 Å². The summed E-state index contributed by atoms with van der Waals surface area (Å²) in [5.74, 6) is -0.107. The van der Waals surface area contributed by atoms with E-state index in [0.717, 1.165) is 10.6 Å². The van der Waals surface area contributed by atoms with Crippen LogP contribution >= 0.6 is 7.82 Å². The summed E-state index contributed by atoms with van der Waals surface area (Å²) in [6.45, 7) is 1.18. The molecule has 2 aromatic carbocycles. The van der Waals surface area contributed by atoms with Crippen molar-refractivity contribution in [1.29, 1.82) is 0 Å². The van der Waals surface area contributed by atoms with Crippen molar-refractivity contribution in [3.05, 3.63) is 58.6 Å². The third-order valence-electron chi connectivity index (χ3n) is 4.19. The Morgan fingerprint density at radius 2 is 1.83 bits per heavy atom. The lowest BCUT2D eigenvalue weighted by Crippen LogP contribution is -2.20. The Morgan fingerprint density at radius 3 is 2.41 bits per heavy atom. The summed E-state index contributed by atoms with van der Waals surface area (Å²) in [5.41, 5.74) is -0.0986. The molecule has 10 heteroatoms. The molecule has 0 atom stereocenters. The number of phosphoric ester groups is 1. The number of nitrogens with zero attached hydrogens (tertiary/aromatic N) is 1. The first-order valence-corrected chi connectivity index (χ1v) is 10.0. The quantitative estimate of drug-likeness (QED) is 0.537. The molecule has 0 amide bonds. The number of hydrogen-bond donors (Lipinski definition) is 0. The minimum Gasteiger partial charge on any atom is -0.790 e. The zero-order valence-electron chi connectivity index (χ0n) is 15.6. The number of benzene rings is 2. The molecule has 29 heavy (non-hydrogen) atoms. The molecule has 0 bridgehead atoms. The van der Waals surface area contributed by atoms with Crippen LogP contribution in [0.1, 0.15) is 6.92 Å². The molecule has 1 aromatic heterocycles. The maximum Gasteiger partial charge on any atom is 0.200 e. The van der Waals surface area contributed by atoms with Gasteiger partial charge in [0.2, 0.25) is 0 Å². The summed E-state index contributed by atoms with van der Waals surface area (Å²) in [4.78, 5) is 35.0. The van der Waals surface area contributed by atoms with Gasteiger partial charge in [-0.15, -0.1) is 0 Å². The molecule has 3 rings (SSSR count). The maximum absolute atomic E-state index is 14.6. The molecule has 1 heterocycles. The lowest BCUT2D eigenvalue weighted by molar-refractivity contribution is -0.344. The third-order valence-corrected chi connectivity index (χ3v) is 4.62. The zero-order chi connectivity index (χ0) is 21.2. The van der Waals surface area contributed by atoms with Gasteiger partial charge in [-0.05, 0) is 36.8 Å². The fraction of sp³-hybridized carbons (Fsp3) is 0.211. The largest absolute Gasteiger partial charge is 0.790 e. The molecule has 8 nitrogen and oxygen atoms in total. The number of fused-ring (bicyclic) bond motifs is 1. The van der Waals surface area contributed by atoms with Crippen LogP contribution in [0.2, 0.25) is 0 Å². The van der Waals surface area contributed by atoms with Crippen LogP contribution in [-0.2, 0) is 15.8 Å². The Bertz CT molecular complexity index is 1140. The molecule has 0 saturated heterocycles. The van der Waals surface area contributed by atoms with Gasteiger partial charge in [0.05, 0.1) is 32.4 Å². The van der Waals surface area contributed by atoms with Crippen molar-refractivity contribution >= 4 is 18.7 Å². The summed E-state index contributed by atoms with van der Waals surface area (Å²) in [6, 6.07) is 8.85. The van der Waals surface area contributed by atoms with Crippen LogP contribution in [0.25, 0.3) is 22.0 Å². The summed E-state index contributed by atoms with van der Waals surface area (Å²) in [7, 11) is -3.82. The van der Waals surface area contributed by atoms with Crippen LogP contribution in [-0.4, -0.2) is 18.3 Å². The molecule has 0 fully saturated rings. The van der Waals surface area contributed by atoms with Crippen molar-refractivity contribution in [2.75, 3.05) is 13.7 Å². The Hall–Kier alpha value is -2.71. The first-order valence-electron chi connectivity index (χ1n) is 8.54. The number of methoxy groups -OCH3 is 1. The fourth-order valence-corrected chi connectivity index (χ4v) is 3.21. The number of phosphoric acid groups is 1.